The van der Waals surface area contributed by atoms with E-state index in [-0.39, 0.29) is 17.4 Å². The smallest absolute Gasteiger partial charge is 0.265 e. The maximum Gasteiger partial charge on any atom is 0.265 e. The maximum absolute atomic E-state index is 9.72. The minimum atomic E-state index is -0.0753. The molecular weight excluding hydrogens is 320 g/mol. The fraction of sp³-hybridized carbons (Fsp3) is 0.0588. The van der Waals surface area contributed by atoms with Crippen molar-refractivity contribution in [3.05, 3.63) is 48.0 Å². The number of aryl methyl sites for hydroxylation is 1. The number of aromatic nitrogens is 4. The van der Waals surface area contributed by atoms with Crippen LogP contribution in [0.1, 0.15) is 5.56 Å². The number of nitrogens with zero attached hydrogens (tertiary/aromatic N) is 5. The molecule has 0 aliphatic rings. The first-order valence-corrected chi connectivity index (χ1v) is 7.52. The minimum Gasteiger partial charge on any atom is -0.508 e. The molecule has 0 unspecified atom stereocenters. The van der Waals surface area contributed by atoms with Crippen LogP contribution in [0.5, 0.6) is 11.5 Å². The van der Waals surface area contributed by atoms with Gasteiger partial charge in [0.15, 0.2) is 5.65 Å². The summed E-state index contributed by atoms with van der Waals surface area (Å²) in [4.78, 5) is 4.44. The summed E-state index contributed by atoms with van der Waals surface area (Å²) in [6.45, 7) is 0. The molecule has 8 heteroatoms. The maximum atomic E-state index is 9.72. The fourth-order valence-electron chi connectivity index (χ4n) is 2.65. The van der Waals surface area contributed by atoms with E-state index in [1.807, 2.05) is 35.9 Å². The van der Waals surface area contributed by atoms with Crippen molar-refractivity contribution < 1.29 is 10.2 Å². The van der Waals surface area contributed by atoms with Crippen molar-refractivity contribution in [2.75, 3.05) is 5.43 Å². The molecule has 0 saturated carbocycles. The quantitative estimate of drug-likeness (QED) is 0.392. The number of para-hydroxylation sites is 1. The number of aromatic hydroxyl groups is 2. The van der Waals surface area contributed by atoms with E-state index < -0.39 is 0 Å². The summed E-state index contributed by atoms with van der Waals surface area (Å²) in [6.07, 6.45) is 1.41. The lowest BCUT2D eigenvalue weighted by Gasteiger charge is -2.01. The molecule has 0 amide bonds. The number of nitrogens with one attached hydrogen (secondary N) is 1. The summed E-state index contributed by atoms with van der Waals surface area (Å²) < 4.78 is 1.94. The van der Waals surface area contributed by atoms with Gasteiger partial charge in [0.1, 0.15) is 17.0 Å². The third-order valence-electron chi connectivity index (χ3n) is 3.89. The molecule has 0 spiro atoms. The van der Waals surface area contributed by atoms with Crippen molar-refractivity contribution >= 4 is 34.2 Å². The van der Waals surface area contributed by atoms with Gasteiger partial charge in [-0.3, -0.25) is 0 Å². The Morgan fingerprint density at radius 1 is 1.12 bits per heavy atom. The van der Waals surface area contributed by atoms with Gasteiger partial charge in [0.25, 0.3) is 5.95 Å². The van der Waals surface area contributed by atoms with Crippen molar-refractivity contribution in [3.63, 3.8) is 0 Å². The molecule has 0 atom stereocenters. The highest BCUT2D eigenvalue weighted by molar-refractivity contribution is 6.04. The molecule has 0 radical (unpaired) electrons. The van der Waals surface area contributed by atoms with E-state index in [0.29, 0.717) is 11.2 Å². The lowest BCUT2D eigenvalue weighted by Crippen LogP contribution is -2.00. The van der Waals surface area contributed by atoms with Gasteiger partial charge < -0.3 is 14.8 Å². The molecule has 25 heavy (non-hydrogen) atoms. The summed E-state index contributed by atoms with van der Waals surface area (Å²) in [5.74, 6) is 0.151. The number of benzene rings is 2. The SMILES string of the molecule is Cn1c2ccccc2c2nnc(N/N=C/c3ccc(O)cc3O)nc21. The first-order valence-electron chi connectivity index (χ1n) is 7.52. The Balaban J connectivity index is 1.65. The van der Waals surface area contributed by atoms with Gasteiger partial charge in [-0.2, -0.15) is 10.1 Å². The Morgan fingerprint density at radius 2 is 1.96 bits per heavy atom. The summed E-state index contributed by atoms with van der Waals surface area (Å²) in [6, 6.07) is 12.1. The van der Waals surface area contributed by atoms with Gasteiger partial charge in [0.05, 0.1) is 11.7 Å². The molecule has 8 nitrogen and oxygen atoms in total. The molecule has 0 saturated heterocycles. The molecule has 0 aliphatic carbocycles. The average Bonchev–Trinajstić information content (AvgIpc) is 2.90. The lowest BCUT2D eigenvalue weighted by molar-refractivity contribution is 0.450. The highest BCUT2D eigenvalue weighted by Gasteiger charge is 2.11. The van der Waals surface area contributed by atoms with E-state index >= 15 is 0 Å². The molecule has 4 aromatic rings. The van der Waals surface area contributed by atoms with Crippen molar-refractivity contribution in [1.29, 1.82) is 0 Å². The van der Waals surface area contributed by atoms with Crippen LogP contribution in [0.2, 0.25) is 0 Å². The number of fused-ring (bicyclic) bond motifs is 3. The Morgan fingerprint density at radius 3 is 2.80 bits per heavy atom. The van der Waals surface area contributed by atoms with E-state index in [1.165, 1.54) is 18.3 Å². The predicted molar refractivity (Wildman–Crippen MR) is 94.8 cm³/mol. The second kappa shape index (κ2) is 5.75. The Bertz CT molecular complexity index is 1120. The number of rotatable bonds is 3. The van der Waals surface area contributed by atoms with Crippen molar-refractivity contribution in [2.45, 2.75) is 0 Å². The molecule has 0 bridgehead atoms. The van der Waals surface area contributed by atoms with Gasteiger partial charge in [-0.05, 0) is 18.2 Å². The summed E-state index contributed by atoms with van der Waals surface area (Å²) in [7, 11) is 1.92. The number of hydrogen-bond donors (Lipinski definition) is 3. The highest BCUT2D eigenvalue weighted by atomic mass is 16.3. The molecule has 2 aromatic carbocycles. The van der Waals surface area contributed by atoms with E-state index in [2.05, 4.69) is 25.7 Å². The van der Waals surface area contributed by atoms with Crippen LogP contribution in [0.25, 0.3) is 22.1 Å². The Kier molecular flexibility index (Phi) is 3.42. The molecule has 4 rings (SSSR count). The van der Waals surface area contributed by atoms with Crippen molar-refractivity contribution in [3.8, 4) is 11.5 Å². The third-order valence-corrected chi connectivity index (χ3v) is 3.89. The number of hydrazone groups is 1. The molecule has 2 heterocycles. The van der Waals surface area contributed by atoms with E-state index in [9.17, 15) is 10.2 Å². The van der Waals surface area contributed by atoms with Crippen LogP contribution in [0.15, 0.2) is 47.6 Å². The summed E-state index contributed by atoms with van der Waals surface area (Å²) in [5, 5.41) is 32.3. The highest BCUT2D eigenvalue weighted by Crippen LogP contribution is 2.25. The molecule has 0 fully saturated rings. The van der Waals surface area contributed by atoms with E-state index in [0.717, 1.165) is 16.4 Å². The zero-order valence-corrected chi connectivity index (χ0v) is 13.2. The second-order valence-electron chi connectivity index (χ2n) is 5.50. The zero-order chi connectivity index (χ0) is 17.4. The third kappa shape index (κ3) is 2.59. The standard InChI is InChI=1S/C17H14N6O2/c1-23-13-5-3-2-4-12(13)15-16(23)19-17(22-20-15)21-18-9-10-6-7-11(24)8-14(10)25/h2-9,24-25H,1H3,(H,19,21,22)/b18-9+. The van der Waals surface area contributed by atoms with Gasteiger partial charge in [-0.25, -0.2) is 5.43 Å². The summed E-state index contributed by atoms with van der Waals surface area (Å²) in [5.41, 5.74) is 5.59. The van der Waals surface area contributed by atoms with Crippen LogP contribution in [0.4, 0.5) is 5.95 Å². The minimum absolute atomic E-state index is 0.0173. The van der Waals surface area contributed by atoms with Crippen LogP contribution < -0.4 is 5.43 Å². The number of phenols is 2. The van der Waals surface area contributed by atoms with Crippen LogP contribution in [0.3, 0.4) is 0 Å². The molecule has 124 valence electrons. The monoisotopic (exact) mass is 334 g/mol. The molecular formula is C17H14N6O2. The van der Waals surface area contributed by atoms with Crippen molar-refractivity contribution in [1.82, 2.24) is 19.7 Å². The largest absolute Gasteiger partial charge is 0.508 e. The van der Waals surface area contributed by atoms with Crippen LogP contribution >= 0.6 is 0 Å². The van der Waals surface area contributed by atoms with E-state index in [4.69, 9.17) is 0 Å². The number of anilines is 1. The molecule has 2 aromatic heterocycles. The normalized spacial score (nSPS) is 11.6. The average molecular weight is 334 g/mol. The second-order valence-corrected chi connectivity index (χ2v) is 5.50. The van der Waals surface area contributed by atoms with Gasteiger partial charge in [-0.1, -0.05) is 18.2 Å². The summed E-state index contributed by atoms with van der Waals surface area (Å²) >= 11 is 0. The molecule has 3 N–H and O–H groups in total. The van der Waals surface area contributed by atoms with Crippen LogP contribution in [-0.4, -0.2) is 36.2 Å². The fourth-order valence-corrected chi connectivity index (χ4v) is 2.65. The predicted octanol–water partition coefficient (Wildman–Crippen LogP) is 2.37. The number of hydrogen-bond acceptors (Lipinski definition) is 7. The first-order chi connectivity index (χ1) is 12.1. The Hall–Kier alpha value is -3.68. The van der Waals surface area contributed by atoms with Crippen LogP contribution in [-0.2, 0) is 7.05 Å². The van der Waals surface area contributed by atoms with Gasteiger partial charge in [0.2, 0.25) is 0 Å². The van der Waals surface area contributed by atoms with E-state index in [1.54, 1.807) is 6.07 Å². The molecule has 0 aliphatic heterocycles. The number of phenolic OH excluding ortho intramolecular Hbond substituents is 2. The van der Waals surface area contributed by atoms with Gasteiger partial charge in [0, 0.05) is 24.1 Å². The topological polar surface area (TPSA) is 108 Å². The Labute approximate surface area is 142 Å². The van der Waals surface area contributed by atoms with Gasteiger partial charge >= 0.3 is 0 Å². The zero-order valence-electron chi connectivity index (χ0n) is 13.2. The van der Waals surface area contributed by atoms with Crippen LogP contribution in [0, 0.1) is 0 Å². The van der Waals surface area contributed by atoms with Gasteiger partial charge in [-0.15, -0.1) is 10.2 Å². The van der Waals surface area contributed by atoms with Crippen molar-refractivity contribution in [2.24, 2.45) is 12.1 Å². The lowest BCUT2D eigenvalue weighted by atomic mass is 10.2. The first kappa shape index (κ1) is 14.9.